The average Bonchev–Trinajstić information content (AvgIpc) is 2.89. The van der Waals surface area contributed by atoms with Crippen LogP contribution in [0.2, 0.25) is 0 Å². The molecule has 4 rings (SSSR count). The summed E-state index contributed by atoms with van der Waals surface area (Å²) < 4.78 is 28.6. The SMILES string of the molecule is O=C(O)CCNC(=O)c1ccc(N2CCC(C3CCNCC3)CC2)cc1NS(=O)(=O)Cc1ccccc1. The lowest BCUT2D eigenvalue weighted by Crippen LogP contribution is -2.39. The van der Waals surface area contributed by atoms with Crippen molar-refractivity contribution < 1.29 is 23.1 Å². The fourth-order valence-electron chi connectivity index (χ4n) is 5.33. The molecule has 0 saturated carbocycles. The number of rotatable bonds is 10. The number of anilines is 2. The number of carbonyl (C=O) groups excluding carboxylic acids is 1. The molecule has 2 aliphatic heterocycles. The number of hydrogen-bond acceptors (Lipinski definition) is 6. The van der Waals surface area contributed by atoms with Crippen molar-refractivity contribution >= 4 is 33.3 Å². The Balaban J connectivity index is 1.51. The van der Waals surface area contributed by atoms with E-state index in [0.29, 0.717) is 11.5 Å². The summed E-state index contributed by atoms with van der Waals surface area (Å²) in [6, 6.07) is 14.0. The Morgan fingerprint density at radius 1 is 0.973 bits per heavy atom. The molecule has 0 aliphatic carbocycles. The van der Waals surface area contributed by atoms with Crippen LogP contribution in [0.4, 0.5) is 11.4 Å². The minimum Gasteiger partial charge on any atom is -0.481 e. The van der Waals surface area contributed by atoms with Crippen LogP contribution in [0.15, 0.2) is 48.5 Å². The number of sulfonamides is 1. The van der Waals surface area contributed by atoms with Crippen molar-refractivity contribution in [1.82, 2.24) is 10.6 Å². The van der Waals surface area contributed by atoms with Gasteiger partial charge in [-0.1, -0.05) is 30.3 Å². The zero-order chi connectivity index (χ0) is 26.3. The van der Waals surface area contributed by atoms with Gasteiger partial charge in [0.1, 0.15) is 0 Å². The molecule has 2 aromatic carbocycles. The summed E-state index contributed by atoms with van der Waals surface area (Å²) in [4.78, 5) is 25.9. The molecule has 4 N–H and O–H groups in total. The Morgan fingerprint density at radius 3 is 2.32 bits per heavy atom. The maximum absolute atomic E-state index is 13.0. The Labute approximate surface area is 218 Å². The number of aliphatic carboxylic acids is 1. The second-order valence-electron chi connectivity index (χ2n) is 9.89. The Bertz CT molecular complexity index is 1170. The van der Waals surface area contributed by atoms with E-state index < -0.39 is 21.9 Å². The van der Waals surface area contributed by atoms with Gasteiger partial charge in [-0.25, -0.2) is 8.42 Å². The van der Waals surface area contributed by atoms with Gasteiger partial charge in [0, 0.05) is 25.3 Å². The van der Waals surface area contributed by atoms with Gasteiger partial charge in [-0.2, -0.15) is 0 Å². The van der Waals surface area contributed by atoms with Crippen molar-refractivity contribution in [3.8, 4) is 0 Å². The molecule has 2 fully saturated rings. The quantitative estimate of drug-likeness (QED) is 0.373. The van der Waals surface area contributed by atoms with Crippen molar-refractivity contribution in [3.05, 3.63) is 59.7 Å². The number of benzene rings is 2. The maximum atomic E-state index is 13.0. The predicted molar refractivity (Wildman–Crippen MR) is 144 cm³/mol. The number of piperidine rings is 2. The van der Waals surface area contributed by atoms with E-state index >= 15 is 0 Å². The number of carbonyl (C=O) groups is 2. The summed E-state index contributed by atoms with van der Waals surface area (Å²) in [5.74, 6) is -0.288. The van der Waals surface area contributed by atoms with E-state index in [1.807, 2.05) is 12.1 Å². The highest BCUT2D eigenvalue weighted by Gasteiger charge is 2.28. The minimum absolute atomic E-state index is 0.0453. The highest BCUT2D eigenvalue weighted by Crippen LogP contribution is 2.34. The summed E-state index contributed by atoms with van der Waals surface area (Å²) in [5, 5.41) is 14.9. The van der Waals surface area contributed by atoms with E-state index in [4.69, 9.17) is 5.11 Å². The van der Waals surface area contributed by atoms with Crippen LogP contribution in [-0.4, -0.2) is 58.1 Å². The second kappa shape index (κ2) is 12.4. The fraction of sp³-hybridized carbons (Fsp3) is 0.481. The smallest absolute Gasteiger partial charge is 0.305 e. The predicted octanol–water partition coefficient (Wildman–Crippen LogP) is 3.05. The van der Waals surface area contributed by atoms with Gasteiger partial charge >= 0.3 is 5.97 Å². The first-order chi connectivity index (χ1) is 17.8. The lowest BCUT2D eigenvalue weighted by atomic mass is 9.79. The average molecular weight is 529 g/mol. The molecule has 2 aromatic rings. The number of nitrogens with zero attached hydrogens (tertiary/aromatic N) is 1. The summed E-state index contributed by atoms with van der Waals surface area (Å²) in [5.41, 5.74) is 1.86. The molecule has 2 heterocycles. The van der Waals surface area contributed by atoms with Crippen LogP contribution in [0.5, 0.6) is 0 Å². The van der Waals surface area contributed by atoms with Crippen molar-refractivity contribution in [1.29, 1.82) is 0 Å². The molecule has 0 radical (unpaired) electrons. The molecule has 200 valence electrons. The van der Waals surface area contributed by atoms with E-state index in [1.54, 1.807) is 36.4 Å². The van der Waals surface area contributed by atoms with Gasteiger partial charge in [-0.05, 0) is 74.4 Å². The third kappa shape index (κ3) is 7.69. The first kappa shape index (κ1) is 26.9. The summed E-state index contributed by atoms with van der Waals surface area (Å²) in [6.45, 7) is 3.90. The van der Waals surface area contributed by atoms with Gasteiger partial charge in [-0.3, -0.25) is 14.3 Å². The molecule has 0 spiro atoms. The van der Waals surface area contributed by atoms with Crippen molar-refractivity contribution in [2.24, 2.45) is 11.8 Å². The normalized spacial score (nSPS) is 17.4. The van der Waals surface area contributed by atoms with Gasteiger partial charge in [0.25, 0.3) is 5.91 Å². The Hall–Kier alpha value is -3.11. The minimum atomic E-state index is -3.80. The van der Waals surface area contributed by atoms with E-state index in [0.717, 1.165) is 50.6 Å². The van der Waals surface area contributed by atoms with Crippen LogP contribution in [0.25, 0.3) is 0 Å². The first-order valence-corrected chi connectivity index (χ1v) is 14.6. The molecular weight excluding hydrogens is 492 g/mol. The summed E-state index contributed by atoms with van der Waals surface area (Å²) in [7, 11) is -3.80. The van der Waals surface area contributed by atoms with Crippen LogP contribution in [0, 0.1) is 11.8 Å². The van der Waals surface area contributed by atoms with Crippen molar-refractivity contribution in [3.63, 3.8) is 0 Å². The molecule has 0 atom stereocenters. The molecular formula is C27H36N4O5S. The largest absolute Gasteiger partial charge is 0.481 e. The highest BCUT2D eigenvalue weighted by molar-refractivity contribution is 7.91. The van der Waals surface area contributed by atoms with Crippen molar-refractivity contribution in [2.45, 2.75) is 37.9 Å². The summed E-state index contributed by atoms with van der Waals surface area (Å²) >= 11 is 0. The molecule has 0 bridgehead atoms. The standard InChI is InChI=1S/C27H36N4O5S/c32-26(33)10-15-29-27(34)24-7-6-23(31-16-11-22(12-17-31)21-8-13-28-14-9-21)18-25(24)30-37(35,36)19-20-4-2-1-3-5-20/h1-7,18,21-22,28,30H,8-17,19H2,(H,29,34)(H,32,33). The second-order valence-corrected chi connectivity index (χ2v) is 11.6. The molecule has 10 heteroatoms. The lowest BCUT2D eigenvalue weighted by Gasteiger charge is -2.39. The number of carboxylic acids is 1. The van der Waals surface area contributed by atoms with E-state index in [2.05, 4.69) is 20.3 Å². The molecule has 0 aromatic heterocycles. The van der Waals surface area contributed by atoms with Gasteiger partial charge in [0.2, 0.25) is 10.0 Å². The maximum Gasteiger partial charge on any atom is 0.305 e. The van der Waals surface area contributed by atoms with Crippen LogP contribution in [0.1, 0.15) is 48.0 Å². The van der Waals surface area contributed by atoms with Gasteiger partial charge < -0.3 is 20.6 Å². The van der Waals surface area contributed by atoms with Crippen LogP contribution < -0.4 is 20.3 Å². The molecule has 2 saturated heterocycles. The van der Waals surface area contributed by atoms with Crippen molar-refractivity contribution in [2.75, 3.05) is 42.3 Å². The number of carboxylic acid groups (broad SMARTS) is 1. The topological polar surface area (TPSA) is 128 Å². The van der Waals surface area contributed by atoms with Crippen LogP contribution in [0.3, 0.4) is 0 Å². The zero-order valence-electron chi connectivity index (χ0n) is 21.0. The summed E-state index contributed by atoms with van der Waals surface area (Å²) in [6.07, 6.45) is 4.42. The first-order valence-electron chi connectivity index (χ1n) is 12.9. The third-order valence-electron chi connectivity index (χ3n) is 7.29. The number of amides is 1. The monoisotopic (exact) mass is 528 g/mol. The number of nitrogens with one attached hydrogen (secondary N) is 3. The molecule has 9 nitrogen and oxygen atoms in total. The van der Waals surface area contributed by atoms with Crippen LogP contribution in [-0.2, 0) is 20.6 Å². The lowest BCUT2D eigenvalue weighted by molar-refractivity contribution is -0.136. The zero-order valence-corrected chi connectivity index (χ0v) is 21.8. The molecule has 0 unspecified atom stereocenters. The Morgan fingerprint density at radius 2 is 1.65 bits per heavy atom. The van der Waals surface area contributed by atoms with Gasteiger partial charge in [0.15, 0.2) is 0 Å². The highest BCUT2D eigenvalue weighted by atomic mass is 32.2. The molecule has 2 aliphatic rings. The van der Waals surface area contributed by atoms with E-state index in [-0.39, 0.29) is 30.0 Å². The van der Waals surface area contributed by atoms with Gasteiger partial charge in [-0.15, -0.1) is 0 Å². The number of hydrogen-bond donors (Lipinski definition) is 4. The third-order valence-corrected chi connectivity index (χ3v) is 8.54. The fourth-order valence-corrected chi connectivity index (χ4v) is 6.54. The molecule has 37 heavy (non-hydrogen) atoms. The van der Waals surface area contributed by atoms with Crippen LogP contribution >= 0.6 is 0 Å². The molecule has 1 amide bonds. The van der Waals surface area contributed by atoms with E-state index in [1.165, 1.54) is 12.8 Å². The van der Waals surface area contributed by atoms with Gasteiger partial charge in [0.05, 0.1) is 23.4 Å². The Kier molecular flexibility index (Phi) is 9.04. The van der Waals surface area contributed by atoms with E-state index in [9.17, 15) is 18.0 Å².